The van der Waals surface area contributed by atoms with E-state index in [1.807, 2.05) is 29.2 Å². The smallest absolute Gasteiger partial charge is 0.241 e. The van der Waals surface area contributed by atoms with Gasteiger partial charge in [0.05, 0.1) is 31.4 Å². The highest BCUT2D eigenvalue weighted by atomic mass is 35.5. The van der Waals surface area contributed by atoms with E-state index >= 15 is 0 Å². The van der Waals surface area contributed by atoms with Crippen LogP contribution >= 0.6 is 11.6 Å². The molecule has 0 unspecified atom stereocenters. The fourth-order valence-electron chi connectivity index (χ4n) is 5.41. The number of rotatable bonds is 8. The second-order valence-corrected chi connectivity index (χ2v) is 10.3. The molecule has 0 spiro atoms. The summed E-state index contributed by atoms with van der Waals surface area (Å²) in [4.78, 5) is 35.0. The van der Waals surface area contributed by atoms with Crippen LogP contribution in [0.25, 0.3) is 10.9 Å². The Morgan fingerprint density at radius 3 is 2.70 bits per heavy atom. The molecule has 2 aliphatic heterocycles. The first-order valence-electron chi connectivity index (χ1n) is 13.0. The number of ketones is 1. The van der Waals surface area contributed by atoms with E-state index in [2.05, 4.69) is 10.2 Å². The summed E-state index contributed by atoms with van der Waals surface area (Å²) >= 11 is 6.15. The number of nitrogens with one attached hydrogen (secondary N) is 1. The van der Waals surface area contributed by atoms with Crippen LogP contribution in [-0.2, 0) is 29.0 Å². The van der Waals surface area contributed by atoms with Crippen molar-refractivity contribution in [2.24, 2.45) is 0 Å². The summed E-state index contributed by atoms with van der Waals surface area (Å²) < 4.78 is 5.41. The molecule has 7 nitrogen and oxygen atoms in total. The van der Waals surface area contributed by atoms with Gasteiger partial charge in [0, 0.05) is 66.3 Å². The molecule has 194 valence electrons. The zero-order valence-electron chi connectivity index (χ0n) is 21.3. The number of carbonyl (C=O) groups excluding carboxylic acids is 2. The Labute approximate surface area is 222 Å². The molecule has 1 aromatic heterocycles. The molecular formula is C29H33ClN4O3. The second-order valence-electron chi connectivity index (χ2n) is 9.86. The second kappa shape index (κ2) is 11.5. The Hall–Kier alpha value is -3.16. The number of nitrogens with zero attached hydrogens (tertiary/aromatic N) is 3. The molecule has 0 saturated carbocycles. The Balaban J connectivity index is 1.33. The Morgan fingerprint density at radius 2 is 1.89 bits per heavy atom. The van der Waals surface area contributed by atoms with Gasteiger partial charge in [-0.3, -0.25) is 19.5 Å². The maximum absolute atomic E-state index is 13.0. The van der Waals surface area contributed by atoms with Crippen LogP contribution in [0.3, 0.4) is 0 Å². The normalized spacial score (nSPS) is 15.9. The molecule has 3 aromatic rings. The number of carbonyl (C=O) groups is 2. The zero-order valence-corrected chi connectivity index (χ0v) is 22.0. The zero-order chi connectivity index (χ0) is 25.8. The summed E-state index contributed by atoms with van der Waals surface area (Å²) in [6.07, 6.45) is 4.35. The van der Waals surface area contributed by atoms with Crippen molar-refractivity contribution >= 4 is 39.9 Å². The lowest BCUT2D eigenvalue weighted by Gasteiger charge is -2.31. The van der Waals surface area contributed by atoms with Crippen LogP contribution in [0.15, 0.2) is 42.5 Å². The van der Waals surface area contributed by atoms with Crippen molar-refractivity contribution < 1.29 is 14.3 Å². The van der Waals surface area contributed by atoms with Gasteiger partial charge in [-0.2, -0.15) is 0 Å². The maximum Gasteiger partial charge on any atom is 0.241 e. The number of halogens is 1. The van der Waals surface area contributed by atoms with Crippen LogP contribution in [0.2, 0.25) is 5.02 Å². The van der Waals surface area contributed by atoms with Crippen LogP contribution < -0.4 is 10.1 Å². The van der Waals surface area contributed by atoms with Gasteiger partial charge in [0.15, 0.2) is 5.78 Å². The van der Waals surface area contributed by atoms with Crippen molar-refractivity contribution in [1.82, 2.24) is 14.8 Å². The van der Waals surface area contributed by atoms with E-state index in [0.29, 0.717) is 23.9 Å². The van der Waals surface area contributed by atoms with Crippen molar-refractivity contribution in [3.05, 3.63) is 64.3 Å². The Kier molecular flexibility index (Phi) is 7.91. The molecule has 1 N–H and O–H groups in total. The number of piperidine rings is 1. The summed E-state index contributed by atoms with van der Waals surface area (Å²) in [5.41, 5.74) is 4.78. The lowest BCUT2D eigenvalue weighted by atomic mass is 9.99. The fraction of sp³-hybridized carbons (Fsp3) is 0.414. The lowest BCUT2D eigenvalue weighted by molar-refractivity contribution is -0.130. The predicted octanol–water partition coefficient (Wildman–Crippen LogP) is 4.49. The molecule has 0 aliphatic carbocycles. The van der Waals surface area contributed by atoms with Gasteiger partial charge in [0.1, 0.15) is 5.75 Å². The average molecular weight is 521 g/mol. The van der Waals surface area contributed by atoms with E-state index in [4.69, 9.17) is 21.3 Å². The number of Topliss-reactive ketones (excluding diaryl/α,β-unsaturated/α-hetero) is 1. The molecule has 1 saturated heterocycles. The van der Waals surface area contributed by atoms with Gasteiger partial charge in [-0.05, 0) is 43.5 Å². The number of benzene rings is 2. The van der Waals surface area contributed by atoms with Gasteiger partial charge in [0.2, 0.25) is 5.91 Å². The standard InChI is InChI=1S/C29H33ClN4O3/c1-37-27-10-9-21(30)15-20(27)16-22(35)18-33-14-11-26-24(19-33)29(23-7-3-4-8-25(23)32-26)31-17-28(36)34-12-5-2-6-13-34/h3-4,7-10,15H,2,5-6,11-14,16-19H2,1H3,(H,31,32). The SMILES string of the molecule is COc1ccc(Cl)cc1CC(=O)CN1CCc2nc3ccccc3c(NCC(=O)N3CCCCC3)c2C1. The first-order valence-corrected chi connectivity index (χ1v) is 13.4. The number of hydrogen-bond donors (Lipinski definition) is 1. The number of para-hydroxylation sites is 1. The van der Waals surface area contributed by atoms with Gasteiger partial charge in [0.25, 0.3) is 0 Å². The minimum atomic E-state index is 0.104. The van der Waals surface area contributed by atoms with Crippen molar-refractivity contribution in [1.29, 1.82) is 0 Å². The van der Waals surface area contributed by atoms with Crippen LogP contribution in [-0.4, -0.2) is 66.3 Å². The fourth-order valence-corrected chi connectivity index (χ4v) is 5.60. The topological polar surface area (TPSA) is 74.8 Å². The monoisotopic (exact) mass is 520 g/mol. The quantitative estimate of drug-likeness (QED) is 0.471. The van der Waals surface area contributed by atoms with Crippen LogP contribution in [0, 0.1) is 0 Å². The highest BCUT2D eigenvalue weighted by Crippen LogP contribution is 2.32. The molecule has 37 heavy (non-hydrogen) atoms. The minimum Gasteiger partial charge on any atom is -0.496 e. The predicted molar refractivity (Wildman–Crippen MR) is 146 cm³/mol. The molecular weight excluding hydrogens is 488 g/mol. The van der Waals surface area contributed by atoms with Crippen molar-refractivity contribution in [3.8, 4) is 5.75 Å². The first kappa shape index (κ1) is 25.5. The van der Waals surface area contributed by atoms with Crippen LogP contribution in [0.4, 0.5) is 5.69 Å². The van der Waals surface area contributed by atoms with E-state index in [-0.39, 0.29) is 24.7 Å². The summed E-state index contributed by atoms with van der Waals surface area (Å²) in [7, 11) is 1.60. The van der Waals surface area contributed by atoms with Crippen molar-refractivity contribution in [3.63, 3.8) is 0 Å². The number of hydrogen-bond acceptors (Lipinski definition) is 6. The summed E-state index contributed by atoms with van der Waals surface area (Å²) in [6, 6.07) is 13.4. The summed E-state index contributed by atoms with van der Waals surface area (Å²) in [6.45, 7) is 3.61. The van der Waals surface area contributed by atoms with Gasteiger partial charge in [-0.15, -0.1) is 0 Å². The molecule has 0 atom stereocenters. The van der Waals surface area contributed by atoms with Gasteiger partial charge < -0.3 is 15.0 Å². The number of likely N-dealkylation sites (tertiary alicyclic amines) is 1. The Bertz CT molecular complexity index is 1310. The third kappa shape index (κ3) is 5.89. The molecule has 1 fully saturated rings. The first-order chi connectivity index (χ1) is 18.0. The lowest BCUT2D eigenvalue weighted by Crippen LogP contribution is -2.39. The number of pyridine rings is 1. The van der Waals surface area contributed by atoms with E-state index in [1.165, 1.54) is 6.42 Å². The maximum atomic E-state index is 13.0. The highest BCUT2D eigenvalue weighted by Gasteiger charge is 2.25. The number of fused-ring (bicyclic) bond motifs is 2. The van der Waals surface area contributed by atoms with Crippen molar-refractivity contribution in [2.45, 2.75) is 38.6 Å². The molecule has 8 heteroatoms. The highest BCUT2D eigenvalue weighted by molar-refractivity contribution is 6.30. The van der Waals surface area contributed by atoms with Crippen LogP contribution in [0.1, 0.15) is 36.1 Å². The van der Waals surface area contributed by atoms with E-state index in [0.717, 1.165) is 72.3 Å². The van der Waals surface area contributed by atoms with Gasteiger partial charge in [-0.1, -0.05) is 29.8 Å². The average Bonchev–Trinajstić information content (AvgIpc) is 2.91. The number of amides is 1. The summed E-state index contributed by atoms with van der Waals surface area (Å²) in [5, 5.41) is 5.06. The van der Waals surface area contributed by atoms with Gasteiger partial charge in [-0.25, -0.2) is 0 Å². The van der Waals surface area contributed by atoms with Crippen LogP contribution in [0.5, 0.6) is 5.75 Å². The third-order valence-corrected chi connectivity index (χ3v) is 7.52. The molecule has 5 rings (SSSR count). The molecule has 3 heterocycles. The van der Waals surface area contributed by atoms with Gasteiger partial charge >= 0.3 is 0 Å². The van der Waals surface area contributed by atoms with E-state index in [9.17, 15) is 9.59 Å². The minimum absolute atomic E-state index is 0.104. The number of ether oxygens (including phenoxy) is 1. The molecule has 2 aliphatic rings. The summed E-state index contributed by atoms with van der Waals surface area (Å²) in [5.74, 6) is 0.905. The number of aromatic nitrogens is 1. The Morgan fingerprint density at radius 1 is 1.08 bits per heavy atom. The van der Waals surface area contributed by atoms with Crippen molar-refractivity contribution in [2.75, 3.05) is 45.2 Å². The number of methoxy groups -OCH3 is 1. The molecule has 2 aromatic carbocycles. The molecule has 1 amide bonds. The molecule has 0 radical (unpaired) electrons. The number of anilines is 1. The molecule has 0 bridgehead atoms. The third-order valence-electron chi connectivity index (χ3n) is 7.28. The van der Waals surface area contributed by atoms with E-state index < -0.39 is 0 Å². The van der Waals surface area contributed by atoms with E-state index in [1.54, 1.807) is 25.3 Å². The largest absolute Gasteiger partial charge is 0.496 e.